The molecule has 0 unspecified atom stereocenters. The second-order valence-electron chi connectivity index (χ2n) is 5.26. The molecule has 1 heterocycles. The van der Waals surface area contributed by atoms with Crippen molar-refractivity contribution in [1.29, 1.82) is 0 Å². The predicted molar refractivity (Wildman–Crippen MR) is 86.6 cm³/mol. The topological polar surface area (TPSA) is 107 Å². The van der Waals surface area contributed by atoms with Gasteiger partial charge >= 0.3 is 5.69 Å². The third-order valence-corrected chi connectivity index (χ3v) is 3.32. The molecule has 23 heavy (non-hydrogen) atoms. The summed E-state index contributed by atoms with van der Waals surface area (Å²) in [7, 11) is 2.88. The average Bonchev–Trinajstić information content (AvgIpc) is 2.50. The van der Waals surface area contributed by atoms with Gasteiger partial charge in [0, 0.05) is 32.9 Å². The number of amides is 2. The number of hydrogen-bond acceptors (Lipinski definition) is 4. The highest BCUT2D eigenvalue weighted by Crippen LogP contribution is 1.99. The normalized spacial score (nSPS) is 10.9. The van der Waals surface area contributed by atoms with Gasteiger partial charge in [-0.2, -0.15) is 0 Å². The molecule has 1 rings (SSSR count). The zero-order chi connectivity index (χ0) is 17.6. The van der Waals surface area contributed by atoms with Crippen LogP contribution in [0, 0.1) is 0 Å². The molecule has 0 atom stereocenters. The summed E-state index contributed by atoms with van der Waals surface area (Å²) in [5.41, 5.74) is 4.41. The number of primary amides is 1. The van der Waals surface area contributed by atoms with Crippen molar-refractivity contribution >= 4 is 17.9 Å². The standard InChI is InChI=1S/C15H22N4O4/c1-4-5-8-19(10-12(16)20)13(21)7-6-11-9-17(2)15(23)18(3)14(11)22/h6-7,9H,4-5,8,10H2,1-3H3,(H2,16,20). The van der Waals surface area contributed by atoms with Crippen LogP contribution in [0.3, 0.4) is 0 Å². The molecule has 0 aromatic carbocycles. The van der Waals surface area contributed by atoms with Crippen molar-refractivity contribution in [3.63, 3.8) is 0 Å². The highest BCUT2D eigenvalue weighted by Gasteiger charge is 2.13. The molecular formula is C15H22N4O4. The van der Waals surface area contributed by atoms with Gasteiger partial charge in [0.25, 0.3) is 5.56 Å². The van der Waals surface area contributed by atoms with Crippen molar-refractivity contribution in [2.24, 2.45) is 19.8 Å². The number of aryl methyl sites for hydroxylation is 1. The second kappa shape index (κ2) is 8.11. The average molecular weight is 322 g/mol. The molecule has 1 aromatic rings. The van der Waals surface area contributed by atoms with Gasteiger partial charge in [0.2, 0.25) is 11.8 Å². The van der Waals surface area contributed by atoms with E-state index in [4.69, 9.17) is 5.73 Å². The van der Waals surface area contributed by atoms with E-state index in [1.54, 1.807) is 0 Å². The maximum absolute atomic E-state index is 12.2. The molecular weight excluding hydrogens is 300 g/mol. The zero-order valence-corrected chi connectivity index (χ0v) is 13.6. The molecule has 126 valence electrons. The van der Waals surface area contributed by atoms with E-state index in [9.17, 15) is 19.2 Å². The fourth-order valence-corrected chi connectivity index (χ4v) is 2.02. The van der Waals surface area contributed by atoms with E-state index >= 15 is 0 Å². The molecule has 8 heteroatoms. The SMILES string of the molecule is CCCCN(CC(N)=O)C(=O)C=Cc1cn(C)c(=O)n(C)c1=O. The lowest BCUT2D eigenvalue weighted by Gasteiger charge is -2.19. The first-order valence-corrected chi connectivity index (χ1v) is 7.29. The Morgan fingerprint density at radius 2 is 1.96 bits per heavy atom. The lowest BCUT2D eigenvalue weighted by atomic mass is 10.2. The summed E-state index contributed by atoms with van der Waals surface area (Å²) in [6.45, 7) is 2.21. The number of hydrogen-bond donors (Lipinski definition) is 1. The highest BCUT2D eigenvalue weighted by molar-refractivity contribution is 5.94. The number of carbonyl (C=O) groups excluding carboxylic acids is 2. The van der Waals surface area contributed by atoms with E-state index in [0.717, 1.165) is 17.4 Å². The van der Waals surface area contributed by atoms with E-state index in [1.165, 1.54) is 41.9 Å². The van der Waals surface area contributed by atoms with Crippen molar-refractivity contribution < 1.29 is 9.59 Å². The Morgan fingerprint density at radius 3 is 2.52 bits per heavy atom. The minimum atomic E-state index is -0.596. The van der Waals surface area contributed by atoms with Crippen LogP contribution in [-0.2, 0) is 23.7 Å². The van der Waals surface area contributed by atoms with E-state index < -0.39 is 23.1 Å². The molecule has 0 radical (unpaired) electrons. The smallest absolute Gasteiger partial charge is 0.330 e. The molecule has 2 amide bonds. The van der Waals surface area contributed by atoms with Crippen LogP contribution in [0.4, 0.5) is 0 Å². The molecule has 0 aliphatic rings. The Labute approximate surface area is 133 Å². The molecule has 0 spiro atoms. The summed E-state index contributed by atoms with van der Waals surface area (Å²) >= 11 is 0. The van der Waals surface area contributed by atoms with Gasteiger partial charge in [-0.05, 0) is 12.5 Å². The Bertz CT molecular complexity index is 730. The predicted octanol–water partition coefficient (Wildman–Crippen LogP) is -0.789. The summed E-state index contributed by atoms with van der Waals surface area (Å²) in [4.78, 5) is 48.1. The van der Waals surface area contributed by atoms with Crippen LogP contribution in [0.15, 0.2) is 21.9 Å². The number of carbonyl (C=O) groups is 2. The summed E-state index contributed by atoms with van der Waals surface area (Å²) < 4.78 is 2.21. The molecule has 8 nitrogen and oxygen atoms in total. The van der Waals surface area contributed by atoms with Crippen LogP contribution < -0.4 is 17.0 Å². The van der Waals surface area contributed by atoms with Crippen LogP contribution in [0.2, 0.25) is 0 Å². The van der Waals surface area contributed by atoms with E-state index in [2.05, 4.69) is 0 Å². The first-order valence-electron chi connectivity index (χ1n) is 7.29. The van der Waals surface area contributed by atoms with Crippen LogP contribution in [0.5, 0.6) is 0 Å². The Hall–Kier alpha value is -2.64. The minimum Gasteiger partial charge on any atom is -0.368 e. The highest BCUT2D eigenvalue weighted by atomic mass is 16.2. The first kappa shape index (κ1) is 18.4. The number of nitrogens with two attached hydrogens (primary N) is 1. The fourth-order valence-electron chi connectivity index (χ4n) is 2.02. The van der Waals surface area contributed by atoms with Gasteiger partial charge in [-0.25, -0.2) is 4.79 Å². The van der Waals surface area contributed by atoms with Crippen molar-refractivity contribution in [2.45, 2.75) is 19.8 Å². The van der Waals surface area contributed by atoms with E-state index in [0.29, 0.717) is 6.54 Å². The van der Waals surface area contributed by atoms with Crippen molar-refractivity contribution in [3.05, 3.63) is 38.7 Å². The zero-order valence-electron chi connectivity index (χ0n) is 13.6. The van der Waals surface area contributed by atoms with E-state index in [1.807, 2.05) is 6.92 Å². The summed E-state index contributed by atoms with van der Waals surface area (Å²) in [5.74, 6) is -1.01. The molecule has 2 N–H and O–H groups in total. The summed E-state index contributed by atoms with van der Waals surface area (Å²) in [5, 5.41) is 0. The number of aromatic nitrogens is 2. The maximum atomic E-state index is 12.2. The van der Waals surface area contributed by atoms with Crippen LogP contribution in [0.25, 0.3) is 6.08 Å². The quantitative estimate of drug-likeness (QED) is 0.664. The number of unbranched alkanes of at least 4 members (excludes halogenated alkanes) is 1. The summed E-state index contributed by atoms with van der Waals surface area (Å²) in [6.07, 6.45) is 5.52. The van der Waals surface area contributed by atoms with Crippen LogP contribution in [-0.4, -0.2) is 38.9 Å². The van der Waals surface area contributed by atoms with Gasteiger partial charge < -0.3 is 15.2 Å². The molecule has 0 saturated heterocycles. The molecule has 0 bridgehead atoms. The molecule has 1 aromatic heterocycles. The van der Waals surface area contributed by atoms with Gasteiger partial charge in [0.15, 0.2) is 0 Å². The second-order valence-corrected chi connectivity index (χ2v) is 5.26. The van der Waals surface area contributed by atoms with Crippen LogP contribution in [0.1, 0.15) is 25.3 Å². The van der Waals surface area contributed by atoms with Gasteiger partial charge in [-0.3, -0.25) is 19.0 Å². The monoisotopic (exact) mass is 322 g/mol. The van der Waals surface area contributed by atoms with Crippen LogP contribution >= 0.6 is 0 Å². The van der Waals surface area contributed by atoms with Gasteiger partial charge in [0.1, 0.15) is 0 Å². The lowest BCUT2D eigenvalue weighted by Crippen LogP contribution is -2.38. The fraction of sp³-hybridized carbons (Fsp3) is 0.467. The third-order valence-electron chi connectivity index (χ3n) is 3.32. The van der Waals surface area contributed by atoms with E-state index in [-0.39, 0.29) is 12.1 Å². The molecule has 0 fully saturated rings. The lowest BCUT2D eigenvalue weighted by molar-refractivity contribution is -0.131. The third kappa shape index (κ3) is 4.94. The van der Waals surface area contributed by atoms with Crippen molar-refractivity contribution in [1.82, 2.24) is 14.0 Å². The van der Waals surface area contributed by atoms with Crippen molar-refractivity contribution in [3.8, 4) is 0 Å². The molecule has 0 aliphatic heterocycles. The van der Waals surface area contributed by atoms with Gasteiger partial charge in [-0.15, -0.1) is 0 Å². The maximum Gasteiger partial charge on any atom is 0.330 e. The largest absolute Gasteiger partial charge is 0.368 e. The first-order chi connectivity index (χ1) is 10.8. The van der Waals surface area contributed by atoms with Gasteiger partial charge in [-0.1, -0.05) is 13.3 Å². The number of rotatable bonds is 7. The molecule has 0 aliphatic carbocycles. The van der Waals surface area contributed by atoms with Crippen molar-refractivity contribution in [2.75, 3.05) is 13.1 Å². The summed E-state index contributed by atoms with van der Waals surface area (Å²) in [6, 6.07) is 0. The number of nitrogens with zero attached hydrogens (tertiary/aromatic N) is 3. The Balaban J connectivity index is 3.02. The van der Waals surface area contributed by atoms with Gasteiger partial charge in [0.05, 0.1) is 12.1 Å². The molecule has 0 saturated carbocycles. The Morgan fingerprint density at radius 1 is 1.30 bits per heavy atom. The Kier molecular flexibility index (Phi) is 6.49. The minimum absolute atomic E-state index is 0.172.